The molecule has 0 spiro atoms. The maximum Gasteiger partial charge on any atom is 0.240 e. The molecule has 1 aromatic rings. The van der Waals surface area contributed by atoms with Crippen molar-refractivity contribution in [3.05, 3.63) is 22.7 Å². The van der Waals surface area contributed by atoms with Crippen LogP contribution >= 0.6 is 15.9 Å². The zero-order valence-electron chi connectivity index (χ0n) is 12.3. The molecule has 2 N–H and O–H groups in total. The van der Waals surface area contributed by atoms with Gasteiger partial charge in [0.1, 0.15) is 5.75 Å². The van der Waals surface area contributed by atoms with Gasteiger partial charge in [0.05, 0.1) is 12.0 Å². The molecular weight excluding hydrogens is 356 g/mol. The average molecular weight is 377 g/mol. The zero-order valence-corrected chi connectivity index (χ0v) is 14.7. The number of halogens is 1. The van der Waals surface area contributed by atoms with Crippen LogP contribution in [0, 0.1) is 5.41 Å². The Hall–Kier alpha value is -0.630. The molecule has 21 heavy (non-hydrogen) atoms. The van der Waals surface area contributed by atoms with Crippen molar-refractivity contribution >= 4 is 26.0 Å². The Morgan fingerprint density at radius 3 is 2.62 bits per heavy atom. The number of benzene rings is 1. The molecule has 0 amide bonds. The smallest absolute Gasteiger partial charge is 0.240 e. The molecule has 0 radical (unpaired) electrons. The Kier molecular flexibility index (Phi) is 5.29. The van der Waals surface area contributed by atoms with Gasteiger partial charge in [-0.3, -0.25) is 0 Å². The van der Waals surface area contributed by atoms with Gasteiger partial charge in [0.15, 0.2) is 0 Å². The minimum atomic E-state index is -3.53. The van der Waals surface area contributed by atoms with Crippen LogP contribution in [0.2, 0.25) is 0 Å². The topological polar surface area (TPSA) is 67.4 Å². The van der Waals surface area contributed by atoms with E-state index in [0.29, 0.717) is 16.8 Å². The van der Waals surface area contributed by atoms with Crippen LogP contribution in [-0.4, -0.2) is 35.2 Å². The number of hydrogen-bond acceptors (Lipinski definition) is 4. The highest BCUT2D eigenvalue weighted by atomic mass is 79.9. The molecule has 0 atom stereocenters. The molecule has 1 aliphatic heterocycles. The standard InChI is InChI=1S/C14H21BrN2O3S/c1-14(3-5-16-6-4-14)10-17-21(18,19)13-8-11(15)7-12(9-13)20-2/h7-9,16-17H,3-6,10H2,1-2H3. The molecule has 7 heteroatoms. The summed E-state index contributed by atoms with van der Waals surface area (Å²) in [4.78, 5) is 0.214. The molecule has 0 unspecified atom stereocenters. The second kappa shape index (κ2) is 6.64. The van der Waals surface area contributed by atoms with Crippen LogP contribution < -0.4 is 14.8 Å². The van der Waals surface area contributed by atoms with Crippen LogP contribution in [0.15, 0.2) is 27.6 Å². The molecule has 1 aromatic carbocycles. The summed E-state index contributed by atoms with van der Waals surface area (Å²) in [7, 11) is -2.02. The lowest BCUT2D eigenvalue weighted by atomic mass is 9.81. The third-order valence-electron chi connectivity index (χ3n) is 3.89. The number of nitrogens with one attached hydrogen (secondary N) is 2. The summed E-state index contributed by atoms with van der Waals surface area (Å²) < 4.78 is 33.4. The molecule has 0 bridgehead atoms. The highest BCUT2D eigenvalue weighted by Gasteiger charge is 2.28. The predicted molar refractivity (Wildman–Crippen MR) is 86.1 cm³/mol. The van der Waals surface area contributed by atoms with Crippen LogP contribution in [0.1, 0.15) is 19.8 Å². The van der Waals surface area contributed by atoms with E-state index in [2.05, 4.69) is 32.9 Å². The van der Waals surface area contributed by atoms with E-state index in [0.717, 1.165) is 25.9 Å². The Labute approximate surface area is 134 Å². The number of methoxy groups -OCH3 is 1. The third kappa shape index (κ3) is 4.42. The third-order valence-corrected chi connectivity index (χ3v) is 5.73. The fraction of sp³-hybridized carbons (Fsp3) is 0.571. The molecule has 0 aromatic heterocycles. The van der Waals surface area contributed by atoms with Gasteiger partial charge >= 0.3 is 0 Å². The van der Waals surface area contributed by atoms with Crippen molar-refractivity contribution in [3.63, 3.8) is 0 Å². The van der Waals surface area contributed by atoms with E-state index in [-0.39, 0.29) is 10.3 Å². The van der Waals surface area contributed by atoms with Gasteiger partial charge in [0.25, 0.3) is 0 Å². The first-order chi connectivity index (χ1) is 9.85. The van der Waals surface area contributed by atoms with E-state index in [4.69, 9.17) is 4.74 Å². The Balaban J connectivity index is 2.13. The Bertz CT molecular complexity index is 598. The molecule has 1 fully saturated rings. The van der Waals surface area contributed by atoms with Crippen LogP contribution in [0.5, 0.6) is 5.75 Å². The summed E-state index contributed by atoms with van der Waals surface area (Å²) in [5.74, 6) is 0.512. The normalized spacial score (nSPS) is 18.4. The van der Waals surface area contributed by atoms with Crippen LogP contribution in [0.4, 0.5) is 0 Å². The maximum absolute atomic E-state index is 12.4. The van der Waals surface area contributed by atoms with Crippen LogP contribution in [0.25, 0.3) is 0 Å². The molecule has 0 saturated carbocycles. The molecule has 1 saturated heterocycles. The first kappa shape index (κ1) is 16.7. The van der Waals surface area contributed by atoms with Crippen molar-refractivity contribution in [1.82, 2.24) is 10.0 Å². The van der Waals surface area contributed by atoms with Gasteiger partial charge in [0.2, 0.25) is 10.0 Å². The number of ether oxygens (including phenoxy) is 1. The molecule has 1 aliphatic rings. The minimum absolute atomic E-state index is 0.00835. The van der Waals surface area contributed by atoms with E-state index in [1.165, 1.54) is 13.2 Å². The van der Waals surface area contributed by atoms with Crippen molar-refractivity contribution in [1.29, 1.82) is 0 Å². The number of rotatable bonds is 5. The summed E-state index contributed by atoms with van der Waals surface area (Å²) in [6, 6.07) is 4.83. The first-order valence-corrected chi connectivity index (χ1v) is 9.17. The SMILES string of the molecule is COc1cc(Br)cc(S(=O)(=O)NCC2(C)CCNCC2)c1. The maximum atomic E-state index is 12.4. The van der Waals surface area contributed by atoms with Gasteiger partial charge in [-0.1, -0.05) is 22.9 Å². The lowest BCUT2D eigenvalue weighted by Gasteiger charge is -2.34. The summed E-state index contributed by atoms with van der Waals surface area (Å²) in [5, 5.41) is 3.29. The van der Waals surface area contributed by atoms with E-state index >= 15 is 0 Å². The van der Waals surface area contributed by atoms with Crippen molar-refractivity contribution in [3.8, 4) is 5.75 Å². The fourth-order valence-corrected chi connectivity index (χ4v) is 4.25. The average Bonchev–Trinajstić information content (AvgIpc) is 2.45. The van der Waals surface area contributed by atoms with Gasteiger partial charge in [-0.25, -0.2) is 13.1 Å². The van der Waals surface area contributed by atoms with Crippen LogP contribution in [0.3, 0.4) is 0 Å². The predicted octanol–water partition coefficient (Wildman–Crippen LogP) is 2.13. The number of sulfonamides is 1. The highest BCUT2D eigenvalue weighted by molar-refractivity contribution is 9.10. The number of piperidine rings is 1. The van der Waals surface area contributed by atoms with Crippen LogP contribution in [-0.2, 0) is 10.0 Å². The lowest BCUT2D eigenvalue weighted by molar-refractivity contribution is 0.232. The second-order valence-corrected chi connectivity index (χ2v) is 8.39. The van der Waals surface area contributed by atoms with Gasteiger partial charge in [-0.15, -0.1) is 0 Å². The highest BCUT2D eigenvalue weighted by Crippen LogP contribution is 2.28. The summed E-state index contributed by atoms with van der Waals surface area (Å²) >= 11 is 3.30. The molecule has 0 aliphatic carbocycles. The van der Waals surface area contributed by atoms with E-state index in [9.17, 15) is 8.42 Å². The second-order valence-electron chi connectivity index (χ2n) is 5.71. The van der Waals surface area contributed by atoms with Crippen molar-refractivity contribution in [2.45, 2.75) is 24.7 Å². The number of hydrogen-bond donors (Lipinski definition) is 2. The molecule has 118 valence electrons. The van der Waals surface area contributed by atoms with Gasteiger partial charge in [-0.05, 0) is 43.5 Å². The summed E-state index contributed by atoms with van der Waals surface area (Å²) in [6.07, 6.45) is 1.94. The Morgan fingerprint density at radius 2 is 2.00 bits per heavy atom. The molecule has 1 heterocycles. The summed E-state index contributed by atoms with van der Waals surface area (Å²) in [6.45, 7) is 4.44. The van der Waals surface area contributed by atoms with Crippen molar-refractivity contribution in [2.75, 3.05) is 26.7 Å². The molecule has 2 rings (SSSR count). The van der Waals surface area contributed by atoms with E-state index in [1.54, 1.807) is 12.1 Å². The van der Waals surface area contributed by atoms with E-state index in [1.807, 2.05) is 0 Å². The zero-order chi connectivity index (χ0) is 15.5. The lowest BCUT2D eigenvalue weighted by Crippen LogP contribution is -2.42. The van der Waals surface area contributed by atoms with Crippen molar-refractivity contribution in [2.24, 2.45) is 5.41 Å². The minimum Gasteiger partial charge on any atom is -0.497 e. The fourth-order valence-electron chi connectivity index (χ4n) is 2.37. The molecular formula is C14H21BrN2O3S. The van der Waals surface area contributed by atoms with Crippen molar-refractivity contribution < 1.29 is 13.2 Å². The van der Waals surface area contributed by atoms with E-state index < -0.39 is 10.0 Å². The van der Waals surface area contributed by atoms with Gasteiger partial charge < -0.3 is 10.1 Å². The largest absolute Gasteiger partial charge is 0.497 e. The monoisotopic (exact) mass is 376 g/mol. The van der Waals surface area contributed by atoms with Gasteiger partial charge in [0, 0.05) is 17.1 Å². The summed E-state index contributed by atoms with van der Waals surface area (Å²) in [5.41, 5.74) is 0.00835. The quantitative estimate of drug-likeness (QED) is 0.825. The first-order valence-electron chi connectivity index (χ1n) is 6.90. The van der Waals surface area contributed by atoms with Gasteiger partial charge in [-0.2, -0.15) is 0 Å². The Morgan fingerprint density at radius 1 is 1.33 bits per heavy atom. The molecule has 5 nitrogen and oxygen atoms in total.